The van der Waals surface area contributed by atoms with Crippen molar-refractivity contribution in [3.63, 3.8) is 0 Å². The number of benzene rings is 2. The normalized spacial score (nSPS) is 11.1. The fraction of sp³-hybridized carbons (Fsp3) is 0.125. The summed E-state index contributed by atoms with van der Waals surface area (Å²) in [6.45, 7) is 2.69. The van der Waals surface area contributed by atoms with E-state index >= 15 is 0 Å². The van der Waals surface area contributed by atoms with Crippen molar-refractivity contribution in [3.05, 3.63) is 65.6 Å². The molecule has 0 spiro atoms. The van der Waals surface area contributed by atoms with E-state index in [0.29, 0.717) is 12.2 Å². The number of aromatic nitrogens is 1. The van der Waals surface area contributed by atoms with Crippen molar-refractivity contribution >= 4 is 16.6 Å². The Morgan fingerprint density at radius 1 is 1.11 bits per heavy atom. The third-order valence-electron chi connectivity index (χ3n) is 3.26. The van der Waals surface area contributed by atoms with E-state index in [1.54, 1.807) is 0 Å². The Bertz CT molecular complexity index is 723. The molecular formula is C16H15FN2. The molecule has 0 fully saturated rings. The summed E-state index contributed by atoms with van der Waals surface area (Å²) in [7, 11) is 0. The first-order chi connectivity index (χ1) is 9.11. The topological polar surface area (TPSA) is 30.9 Å². The van der Waals surface area contributed by atoms with Crippen LogP contribution in [-0.2, 0) is 6.54 Å². The quantitative estimate of drug-likeness (QED) is 0.694. The van der Waals surface area contributed by atoms with Gasteiger partial charge < -0.3 is 10.3 Å². The molecule has 1 heterocycles. The third-order valence-corrected chi connectivity index (χ3v) is 3.26. The fourth-order valence-electron chi connectivity index (χ4n) is 2.40. The zero-order valence-electron chi connectivity index (χ0n) is 10.7. The maximum Gasteiger partial charge on any atom is 0.125 e. The average Bonchev–Trinajstić information content (AvgIpc) is 2.70. The molecule has 0 unspecified atom stereocenters. The molecule has 3 rings (SSSR count). The van der Waals surface area contributed by atoms with Crippen molar-refractivity contribution < 1.29 is 4.39 Å². The van der Waals surface area contributed by atoms with Crippen LogP contribution in [0.1, 0.15) is 11.1 Å². The van der Waals surface area contributed by atoms with Gasteiger partial charge in [-0.1, -0.05) is 12.1 Å². The van der Waals surface area contributed by atoms with Gasteiger partial charge in [0.15, 0.2) is 0 Å². The predicted molar refractivity (Wildman–Crippen MR) is 76.6 cm³/mol. The maximum absolute atomic E-state index is 13.3. The van der Waals surface area contributed by atoms with Crippen molar-refractivity contribution in [2.45, 2.75) is 13.5 Å². The number of hydrogen-bond acceptors (Lipinski definition) is 1. The lowest BCUT2D eigenvalue weighted by atomic mass is 10.1. The highest BCUT2D eigenvalue weighted by Crippen LogP contribution is 2.20. The second-order valence-corrected chi connectivity index (χ2v) is 4.90. The molecule has 0 aliphatic carbocycles. The van der Waals surface area contributed by atoms with Crippen LogP contribution in [0.3, 0.4) is 0 Å². The van der Waals surface area contributed by atoms with E-state index in [2.05, 4.69) is 35.8 Å². The SMILES string of the molecule is Cc1ccc2ccn(Cc3cc(N)cc(F)c3)c2c1. The molecule has 1 aromatic heterocycles. The molecule has 2 N–H and O–H groups in total. The van der Waals surface area contributed by atoms with Crippen molar-refractivity contribution in [2.75, 3.05) is 5.73 Å². The van der Waals surface area contributed by atoms with Crippen molar-refractivity contribution in [3.8, 4) is 0 Å². The number of rotatable bonds is 2. The number of anilines is 1. The van der Waals surface area contributed by atoms with Gasteiger partial charge in [-0.2, -0.15) is 0 Å². The Balaban J connectivity index is 2.03. The van der Waals surface area contributed by atoms with Crippen molar-refractivity contribution in [2.24, 2.45) is 0 Å². The molecule has 3 heteroatoms. The van der Waals surface area contributed by atoms with Crippen molar-refractivity contribution in [1.29, 1.82) is 0 Å². The molecule has 0 aliphatic rings. The summed E-state index contributed by atoms with van der Waals surface area (Å²) < 4.78 is 15.5. The zero-order valence-corrected chi connectivity index (χ0v) is 10.7. The van der Waals surface area contributed by atoms with Crippen LogP contribution in [0.4, 0.5) is 10.1 Å². The Hall–Kier alpha value is -2.29. The highest BCUT2D eigenvalue weighted by atomic mass is 19.1. The minimum Gasteiger partial charge on any atom is -0.399 e. The van der Waals surface area contributed by atoms with E-state index in [-0.39, 0.29) is 5.82 Å². The standard InChI is InChI=1S/C16H15FN2/c1-11-2-3-13-4-5-19(16(13)6-11)10-12-7-14(17)9-15(18)8-12/h2-9H,10,18H2,1H3. The lowest BCUT2D eigenvalue weighted by molar-refractivity contribution is 0.625. The molecule has 0 amide bonds. The first-order valence-electron chi connectivity index (χ1n) is 6.22. The van der Waals surface area contributed by atoms with Crippen LogP contribution in [0.15, 0.2) is 48.7 Å². The van der Waals surface area contributed by atoms with Crippen molar-refractivity contribution in [1.82, 2.24) is 4.57 Å². The van der Waals surface area contributed by atoms with Crippen LogP contribution in [0.2, 0.25) is 0 Å². The van der Waals surface area contributed by atoms with Crippen LogP contribution in [0.5, 0.6) is 0 Å². The molecule has 3 aromatic rings. The number of halogens is 1. The zero-order chi connectivity index (χ0) is 13.4. The largest absolute Gasteiger partial charge is 0.399 e. The molecular weight excluding hydrogens is 239 g/mol. The van der Waals surface area contributed by atoms with Gasteiger partial charge in [-0.05, 0) is 53.8 Å². The molecule has 0 saturated carbocycles. The lowest BCUT2D eigenvalue weighted by Crippen LogP contribution is -2.00. The second-order valence-electron chi connectivity index (χ2n) is 4.90. The maximum atomic E-state index is 13.3. The van der Waals surface area contributed by atoms with Crippen LogP contribution in [-0.4, -0.2) is 4.57 Å². The Labute approximate surface area is 111 Å². The summed E-state index contributed by atoms with van der Waals surface area (Å²) in [6.07, 6.45) is 2.02. The Kier molecular flexibility index (Phi) is 2.75. The molecule has 0 bridgehead atoms. The molecule has 2 nitrogen and oxygen atoms in total. The summed E-state index contributed by atoms with van der Waals surface area (Å²) in [4.78, 5) is 0. The van der Waals surface area contributed by atoms with E-state index in [4.69, 9.17) is 5.73 Å². The molecule has 0 atom stereocenters. The summed E-state index contributed by atoms with van der Waals surface area (Å²) in [5.74, 6) is -0.289. The van der Waals surface area contributed by atoms with Gasteiger partial charge >= 0.3 is 0 Å². The molecule has 96 valence electrons. The number of hydrogen-bond donors (Lipinski definition) is 1. The third kappa shape index (κ3) is 2.32. The Morgan fingerprint density at radius 2 is 1.95 bits per heavy atom. The monoisotopic (exact) mass is 254 g/mol. The first-order valence-corrected chi connectivity index (χ1v) is 6.22. The Morgan fingerprint density at radius 3 is 2.74 bits per heavy atom. The van der Waals surface area contributed by atoms with E-state index in [1.165, 1.54) is 23.1 Å². The van der Waals surface area contributed by atoms with Crippen LogP contribution < -0.4 is 5.73 Å². The molecule has 0 radical (unpaired) electrons. The molecule has 0 aliphatic heterocycles. The number of nitrogen functional groups attached to an aromatic ring is 1. The fourth-order valence-corrected chi connectivity index (χ4v) is 2.40. The van der Waals surface area contributed by atoms with Gasteiger partial charge in [0.1, 0.15) is 5.82 Å². The van der Waals surface area contributed by atoms with Crippen LogP contribution >= 0.6 is 0 Å². The number of aryl methyl sites for hydroxylation is 1. The van der Waals surface area contributed by atoms with Crippen LogP contribution in [0, 0.1) is 12.7 Å². The van der Waals surface area contributed by atoms with Gasteiger partial charge in [0.05, 0.1) is 0 Å². The highest BCUT2D eigenvalue weighted by molar-refractivity contribution is 5.80. The van der Waals surface area contributed by atoms with E-state index in [0.717, 1.165) is 11.1 Å². The summed E-state index contributed by atoms with van der Waals surface area (Å²) >= 11 is 0. The van der Waals surface area contributed by atoms with Gasteiger partial charge in [-0.3, -0.25) is 0 Å². The van der Waals surface area contributed by atoms with E-state index < -0.39 is 0 Å². The number of nitrogens with two attached hydrogens (primary N) is 1. The van der Waals surface area contributed by atoms with E-state index in [9.17, 15) is 4.39 Å². The lowest BCUT2D eigenvalue weighted by Gasteiger charge is -2.07. The molecule has 0 saturated heterocycles. The van der Waals surface area contributed by atoms with Crippen LogP contribution in [0.25, 0.3) is 10.9 Å². The molecule has 19 heavy (non-hydrogen) atoms. The minimum atomic E-state index is -0.289. The predicted octanol–water partition coefficient (Wildman–Crippen LogP) is 3.72. The number of nitrogens with zero attached hydrogens (tertiary/aromatic N) is 1. The summed E-state index contributed by atoms with van der Waals surface area (Å²) in [5, 5.41) is 1.19. The van der Waals surface area contributed by atoms with Gasteiger partial charge in [-0.25, -0.2) is 4.39 Å². The van der Waals surface area contributed by atoms with Gasteiger partial charge in [0.2, 0.25) is 0 Å². The highest BCUT2D eigenvalue weighted by Gasteiger charge is 2.04. The summed E-state index contributed by atoms with van der Waals surface area (Å²) in [5.41, 5.74) is 9.38. The van der Waals surface area contributed by atoms with Gasteiger partial charge in [0, 0.05) is 23.9 Å². The second kappa shape index (κ2) is 4.43. The van der Waals surface area contributed by atoms with Gasteiger partial charge in [-0.15, -0.1) is 0 Å². The number of fused-ring (bicyclic) bond motifs is 1. The average molecular weight is 254 g/mol. The summed E-state index contributed by atoms with van der Waals surface area (Å²) in [6, 6.07) is 13.1. The van der Waals surface area contributed by atoms with Gasteiger partial charge in [0.25, 0.3) is 0 Å². The first kappa shape index (κ1) is 11.8. The van der Waals surface area contributed by atoms with E-state index in [1.807, 2.05) is 12.3 Å². The smallest absolute Gasteiger partial charge is 0.125 e. The minimum absolute atomic E-state index is 0.289. The molecule has 2 aromatic carbocycles.